The fraction of sp³-hybridized carbons (Fsp3) is 0.400. The van der Waals surface area contributed by atoms with Crippen molar-refractivity contribution in [1.82, 2.24) is 14.5 Å². The van der Waals surface area contributed by atoms with Gasteiger partial charge in [-0.05, 0) is 56.0 Å². The van der Waals surface area contributed by atoms with Gasteiger partial charge in [0, 0.05) is 23.6 Å². The van der Waals surface area contributed by atoms with Gasteiger partial charge in [0.05, 0.1) is 35.2 Å². The zero-order valence-electron chi connectivity index (χ0n) is 18.6. The summed E-state index contributed by atoms with van der Waals surface area (Å²) < 4.78 is 7.51. The van der Waals surface area contributed by atoms with E-state index in [2.05, 4.69) is 34.8 Å². The summed E-state index contributed by atoms with van der Waals surface area (Å²) in [5.41, 5.74) is 2.44. The van der Waals surface area contributed by atoms with Crippen LogP contribution in [0.2, 0.25) is 5.02 Å². The molecule has 2 aliphatic rings. The number of imidazole rings is 1. The highest BCUT2D eigenvalue weighted by Gasteiger charge is 2.45. The Balaban J connectivity index is 1.45. The highest BCUT2D eigenvalue weighted by atomic mass is 35.5. The first kappa shape index (κ1) is 21.0. The molecule has 5 rings (SSSR count). The van der Waals surface area contributed by atoms with E-state index in [0.29, 0.717) is 16.3 Å². The number of ether oxygens (including phenoxy) is 1. The lowest BCUT2D eigenvalue weighted by atomic mass is 9.72. The van der Waals surface area contributed by atoms with E-state index in [9.17, 15) is 4.79 Å². The summed E-state index contributed by atoms with van der Waals surface area (Å²) >= 11 is 6.36. The smallest absolute Gasteiger partial charge is 0.167 e. The normalized spacial score (nSPS) is 21.7. The molecule has 3 aromatic rings. The third-order valence-electron chi connectivity index (χ3n) is 6.82. The predicted octanol–water partition coefficient (Wildman–Crippen LogP) is 5.75. The maximum absolute atomic E-state index is 13.3. The molecular weight excluding hydrogens is 424 g/mol. The standard InChI is InChI=1S/C25H27ClN4O2/c1-15(2)23-28-14-21-25(29-20-5-4-12-27-24(20)30(21)23)10-8-16(9-11-25)22(31)18-13-17(32-3)6-7-19(18)26/h4-7,12-16,29H,8-11H2,1-3H3. The van der Waals surface area contributed by atoms with Crippen LogP contribution in [0.25, 0.3) is 5.82 Å². The molecule has 1 spiro atoms. The van der Waals surface area contributed by atoms with Crippen LogP contribution in [-0.2, 0) is 5.54 Å². The number of benzene rings is 1. The van der Waals surface area contributed by atoms with Crippen LogP contribution in [0.4, 0.5) is 5.69 Å². The molecule has 1 fully saturated rings. The number of ketones is 1. The summed E-state index contributed by atoms with van der Waals surface area (Å²) in [5, 5.41) is 4.25. The maximum Gasteiger partial charge on any atom is 0.167 e. The number of aromatic nitrogens is 3. The van der Waals surface area contributed by atoms with Gasteiger partial charge in [0.1, 0.15) is 11.6 Å². The van der Waals surface area contributed by atoms with Crippen molar-refractivity contribution in [1.29, 1.82) is 0 Å². The number of hydrogen-bond acceptors (Lipinski definition) is 5. The van der Waals surface area contributed by atoms with E-state index in [4.69, 9.17) is 21.3 Å². The molecule has 3 heterocycles. The molecule has 1 aromatic carbocycles. The highest BCUT2D eigenvalue weighted by molar-refractivity contribution is 6.34. The summed E-state index contributed by atoms with van der Waals surface area (Å²) in [7, 11) is 1.60. The Hall–Kier alpha value is -2.86. The Morgan fingerprint density at radius 3 is 2.75 bits per heavy atom. The third kappa shape index (κ3) is 3.28. The number of Topliss-reactive ketones (excluding diaryl/α,β-unsaturated/α-hetero) is 1. The number of carbonyl (C=O) groups excluding carboxylic acids is 1. The number of hydrogen-bond donors (Lipinski definition) is 1. The minimum atomic E-state index is -0.259. The molecule has 7 heteroatoms. The number of rotatable bonds is 4. The van der Waals surface area contributed by atoms with E-state index in [0.717, 1.165) is 48.7 Å². The number of methoxy groups -OCH3 is 1. The van der Waals surface area contributed by atoms with Crippen molar-refractivity contribution < 1.29 is 9.53 Å². The summed E-state index contributed by atoms with van der Waals surface area (Å²) in [4.78, 5) is 22.7. The van der Waals surface area contributed by atoms with Crippen molar-refractivity contribution in [3.05, 3.63) is 64.8 Å². The molecule has 2 aromatic heterocycles. The van der Waals surface area contributed by atoms with Gasteiger partial charge in [-0.1, -0.05) is 25.4 Å². The zero-order chi connectivity index (χ0) is 22.5. The van der Waals surface area contributed by atoms with Gasteiger partial charge in [-0.3, -0.25) is 9.36 Å². The van der Waals surface area contributed by atoms with Crippen molar-refractivity contribution in [3.63, 3.8) is 0 Å². The molecule has 0 unspecified atom stereocenters. The highest BCUT2D eigenvalue weighted by Crippen LogP contribution is 2.48. The van der Waals surface area contributed by atoms with E-state index in [1.807, 2.05) is 18.5 Å². The lowest BCUT2D eigenvalue weighted by Gasteiger charge is -2.44. The molecule has 0 radical (unpaired) electrons. The van der Waals surface area contributed by atoms with E-state index in [1.54, 1.807) is 25.3 Å². The number of carbonyl (C=O) groups is 1. The molecular formula is C25H27ClN4O2. The number of nitrogens with zero attached hydrogens (tertiary/aromatic N) is 3. The van der Waals surface area contributed by atoms with Crippen LogP contribution >= 0.6 is 11.6 Å². The first-order valence-electron chi connectivity index (χ1n) is 11.1. The molecule has 6 nitrogen and oxygen atoms in total. The Kier molecular flexibility index (Phi) is 5.20. The van der Waals surface area contributed by atoms with E-state index in [1.165, 1.54) is 0 Å². The van der Waals surface area contributed by atoms with Gasteiger partial charge in [-0.25, -0.2) is 9.97 Å². The average Bonchev–Trinajstić information content (AvgIpc) is 3.27. The van der Waals surface area contributed by atoms with Crippen LogP contribution in [-0.4, -0.2) is 27.4 Å². The summed E-state index contributed by atoms with van der Waals surface area (Å²) in [6.07, 6.45) is 7.03. The van der Waals surface area contributed by atoms with Crippen molar-refractivity contribution in [2.75, 3.05) is 12.4 Å². The van der Waals surface area contributed by atoms with E-state index < -0.39 is 0 Å². The summed E-state index contributed by atoms with van der Waals surface area (Å²) in [6, 6.07) is 9.29. The van der Waals surface area contributed by atoms with Crippen LogP contribution in [0.1, 0.15) is 67.3 Å². The van der Waals surface area contributed by atoms with Gasteiger partial charge >= 0.3 is 0 Å². The predicted molar refractivity (Wildman–Crippen MR) is 125 cm³/mol. The Bertz CT molecular complexity index is 1180. The number of fused-ring (bicyclic) bond motifs is 4. The van der Waals surface area contributed by atoms with Gasteiger partial charge in [0.15, 0.2) is 11.6 Å². The Morgan fingerprint density at radius 1 is 1.25 bits per heavy atom. The van der Waals surface area contributed by atoms with Crippen molar-refractivity contribution in [2.45, 2.75) is 51.0 Å². The molecule has 0 bridgehead atoms. The quantitative estimate of drug-likeness (QED) is 0.513. The van der Waals surface area contributed by atoms with E-state index in [-0.39, 0.29) is 23.2 Å². The van der Waals surface area contributed by atoms with Crippen molar-refractivity contribution in [3.8, 4) is 11.6 Å². The number of pyridine rings is 1. The monoisotopic (exact) mass is 450 g/mol. The van der Waals surface area contributed by atoms with Gasteiger partial charge < -0.3 is 10.1 Å². The number of nitrogens with one attached hydrogen (secondary N) is 1. The molecule has 1 saturated carbocycles. The molecule has 0 atom stereocenters. The van der Waals surface area contributed by atoms with Gasteiger partial charge in [-0.2, -0.15) is 0 Å². The maximum atomic E-state index is 13.3. The lowest BCUT2D eigenvalue weighted by Crippen LogP contribution is -2.44. The molecule has 166 valence electrons. The van der Waals surface area contributed by atoms with Crippen LogP contribution < -0.4 is 10.1 Å². The SMILES string of the molecule is COc1ccc(Cl)c(C(=O)C2CCC3(CC2)Nc2cccnc2-n2c3cnc2C(C)C)c1. The second-order valence-electron chi connectivity index (χ2n) is 9.06. The van der Waals surface area contributed by atoms with E-state index >= 15 is 0 Å². The van der Waals surface area contributed by atoms with Crippen LogP contribution in [0.5, 0.6) is 5.75 Å². The van der Waals surface area contributed by atoms with Crippen molar-refractivity contribution in [2.24, 2.45) is 5.92 Å². The minimum absolute atomic E-state index is 0.0664. The average molecular weight is 451 g/mol. The number of halogens is 1. The zero-order valence-corrected chi connectivity index (χ0v) is 19.3. The third-order valence-corrected chi connectivity index (χ3v) is 7.15. The van der Waals surface area contributed by atoms with Gasteiger partial charge in [0.25, 0.3) is 0 Å². The fourth-order valence-electron chi connectivity index (χ4n) is 5.12. The number of anilines is 1. The van der Waals surface area contributed by atoms with Crippen LogP contribution in [0.15, 0.2) is 42.7 Å². The van der Waals surface area contributed by atoms with Gasteiger partial charge in [-0.15, -0.1) is 0 Å². The van der Waals surface area contributed by atoms with Gasteiger partial charge in [0.2, 0.25) is 0 Å². The lowest BCUT2D eigenvalue weighted by molar-refractivity contribution is 0.0864. The molecule has 1 aliphatic heterocycles. The second kappa shape index (κ2) is 7.93. The largest absolute Gasteiger partial charge is 0.497 e. The minimum Gasteiger partial charge on any atom is -0.497 e. The molecule has 0 saturated heterocycles. The fourth-order valence-corrected chi connectivity index (χ4v) is 5.33. The van der Waals surface area contributed by atoms with Crippen molar-refractivity contribution >= 4 is 23.1 Å². The Morgan fingerprint density at radius 2 is 2.03 bits per heavy atom. The molecule has 1 N–H and O–H groups in total. The molecule has 1 aliphatic carbocycles. The summed E-state index contributed by atoms with van der Waals surface area (Å²) in [6.45, 7) is 4.31. The topological polar surface area (TPSA) is 69.0 Å². The first-order chi connectivity index (χ1) is 15.4. The molecule has 32 heavy (non-hydrogen) atoms. The van der Waals surface area contributed by atoms with Crippen LogP contribution in [0, 0.1) is 5.92 Å². The van der Waals surface area contributed by atoms with Crippen LogP contribution in [0.3, 0.4) is 0 Å². The second-order valence-corrected chi connectivity index (χ2v) is 9.46. The summed E-state index contributed by atoms with van der Waals surface area (Å²) in [5.74, 6) is 2.87. The molecule has 0 amide bonds. The first-order valence-corrected chi connectivity index (χ1v) is 11.5. The Labute approximate surface area is 193 Å².